The first-order valence-electron chi connectivity index (χ1n) is 8.36. The summed E-state index contributed by atoms with van der Waals surface area (Å²) < 4.78 is 32.2. The number of aromatic amines is 1. The summed E-state index contributed by atoms with van der Waals surface area (Å²) in [5.41, 5.74) is 2.12. The predicted molar refractivity (Wildman–Crippen MR) is 99.0 cm³/mol. The second kappa shape index (κ2) is 6.57. The van der Waals surface area contributed by atoms with Crippen LogP contribution in [0.15, 0.2) is 56.6 Å². The molecule has 138 valence electrons. The lowest BCUT2D eigenvalue weighted by Crippen LogP contribution is -2.48. The Bertz CT molecular complexity index is 1200. The molecule has 9 heteroatoms. The summed E-state index contributed by atoms with van der Waals surface area (Å²) >= 11 is 0. The highest BCUT2D eigenvalue weighted by Crippen LogP contribution is 2.25. The number of benzene rings is 2. The third kappa shape index (κ3) is 3.09. The maximum Gasteiger partial charge on any atom is 0.417 e. The number of aromatic nitrogens is 1. The van der Waals surface area contributed by atoms with E-state index in [-0.39, 0.29) is 10.5 Å². The zero-order valence-electron chi connectivity index (χ0n) is 14.3. The van der Waals surface area contributed by atoms with E-state index in [4.69, 9.17) is 4.42 Å². The number of hydrogen-bond donors (Lipinski definition) is 1. The minimum Gasteiger partial charge on any atom is -0.408 e. The number of nitriles is 1. The van der Waals surface area contributed by atoms with E-state index >= 15 is 0 Å². The second-order valence-corrected chi connectivity index (χ2v) is 8.10. The molecule has 2 aromatic carbocycles. The van der Waals surface area contributed by atoms with Crippen molar-refractivity contribution in [1.82, 2.24) is 9.29 Å². The van der Waals surface area contributed by atoms with Crippen LogP contribution in [0.2, 0.25) is 0 Å². The second-order valence-electron chi connectivity index (χ2n) is 6.19. The molecule has 1 saturated heterocycles. The van der Waals surface area contributed by atoms with Crippen LogP contribution in [0.1, 0.15) is 5.56 Å². The van der Waals surface area contributed by atoms with Gasteiger partial charge in [-0.1, -0.05) is 12.1 Å². The van der Waals surface area contributed by atoms with Crippen LogP contribution in [0.5, 0.6) is 0 Å². The number of rotatable bonds is 3. The fourth-order valence-corrected chi connectivity index (χ4v) is 4.81. The molecular weight excluding hydrogens is 368 g/mol. The van der Waals surface area contributed by atoms with Crippen LogP contribution in [0.25, 0.3) is 11.1 Å². The Labute approximate surface area is 155 Å². The Morgan fingerprint density at radius 2 is 1.81 bits per heavy atom. The molecule has 0 radical (unpaired) electrons. The van der Waals surface area contributed by atoms with Crippen molar-refractivity contribution in [3.05, 3.63) is 58.6 Å². The molecule has 0 saturated carbocycles. The van der Waals surface area contributed by atoms with Crippen molar-refractivity contribution < 1.29 is 12.8 Å². The summed E-state index contributed by atoms with van der Waals surface area (Å²) in [7, 11) is -3.72. The lowest BCUT2D eigenvalue weighted by atomic mass is 10.2. The number of piperazine rings is 1. The molecule has 0 bridgehead atoms. The van der Waals surface area contributed by atoms with Crippen LogP contribution in [0.4, 0.5) is 5.69 Å². The maximum atomic E-state index is 12.9. The molecular formula is C18H16N4O4S. The molecule has 0 unspecified atom stereocenters. The van der Waals surface area contributed by atoms with Crippen LogP contribution in [0.3, 0.4) is 0 Å². The van der Waals surface area contributed by atoms with Gasteiger partial charge in [-0.2, -0.15) is 9.57 Å². The predicted octanol–water partition coefficient (Wildman–Crippen LogP) is 1.50. The van der Waals surface area contributed by atoms with Crippen LogP contribution in [-0.2, 0) is 10.0 Å². The van der Waals surface area contributed by atoms with Gasteiger partial charge in [0.15, 0.2) is 5.58 Å². The van der Waals surface area contributed by atoms with E-state index in [9.17, 15) is 18.5 Å². The van der Waals surface area contributed by atoms with E-state index in [0.717, 1.165) is 5.69 Å². The smallest absolute Gasteiger partial charge is 0.408 e. The van der Waals surface area contributed by atoms with Crippen molar-refractivity contribution in [2.24, 2.45) is 0 Å². The van der Waals surface area contributed by atoms with Gasteiger partial charge >= 0.3 is 5.76 Å². The van der Waals surface area contributed by atoms with E-state index in [1.807, 2.05) is 23.1 Å². The zero-order chi connectivity index (χ0) is 19.0. The molecule has 0 atom stereocenters. The number of anilines is 1. The van der Waals surface area contributed by atoms with Crippen molar-refractivity contribution in [3.63, 3.8) is 0 Å². The first kappa shape index (κ1) is 17.3. The molecule has 1 N–H and O–H groups in total. The van der Waals surface area contributed by atoms with E-state index in [2.05, 4.69) is 4.98 Å². The summed E-state index contributed by atoms with van der Waals surface area (Å²) in [5, 5.41) is 9.19. The van der Waals surface area contributed by atoms with Gasteiger partial charge in [0.25, 0.3) is 0 Å². The van der Waals surface area contributed by atoms with Gasteiger partial charge in [0.1, 0.15) is 6.07 Å². The molecule has 8 nitrogen and oxygen atoms in total. The number of sulfonamides is 1. The van der Waals surface area contributed by atoms with Crippen molar-refractivity contribution in [2.75, 3.05) is 31.1 Å². The molecule has 4 rings (SSSR count). The minimum atomic E-state index is -3.72. The largest absolute Gasteiger partial charge is 0.417 e. The van der Waals surface area contributed by atoms with E-state index < -0.39 is 15.8 Å². The molecule has 3 aromatic rings. The van der Waals surface area contributed by atoms with E-state index in [1.54, 1.807) is 18.2 Å². The third-order valence-corrected chi connectivity index (χ3v) is 6.59. The SMILES string of the molecule is N#Cc1ccccc1S(=O)(=O)N1CCN(c2ccc3oc(=O)[nH]c3c2)CC1. The first-order valence-corrected chi connectivity index (χ1v) is 9.80. The van der Waals surface area contributed by atoms with Gasteiger partial charge in [-0.25, -0.2) is 13.2 Å². The Morgan fingerprint density at radius 3 is 2.56 bits per heavy atom. The first-order chi connectivity index (χ1) is 13.0. The molecule has 0 spiro atoms. The highest BCUT2D eigenvalue weighted by molar-refractivity contribution is 7.89. The van der Waals surface area contributed by atoms with Gasteiger partial charge in [-0.15, -0.1) is 0 Å². The molecule has 0 amide bonds. The summed E-state index contributed by atoms with van der Waals surface area (Å²) in [6.45, 7) is 1.62. The number of hydrogen-bond acceptors (Lipinski definition) is 6. The molecule has 1 aliphatic rings. The minimum absolute atomic E-state index is 0.0401. The lowest BCUT2D eigenvalue weighted by Gasteiger charge is -2.35. The summed E-state index contributed by atoms with van der Waals surface area (Å²) in [6.07, 6.45) is 0. The van der Waals surface area contributed by atoms with Gasteiger partial charge in [0.05, 0.1) is 16.0 Å². The van der Waals surface area contributed by atoms with Gasteiger partial charge in [-0.3, -0.25) is 4.98 Å². The van der Waals surface area contributed by atoms with Gasteiger partial charge in [0.2, 0.25) is 10.0 Å². The Morgan fingerprint density at radius 1 is 1.07 bits per heavy atom. The van der Waals surface area contributed by atoms with Crippen molar-refractivity contribution in [2.45, 2.75) is 4.90 Å². The normalized spacial score (nSPS) is 15.7. The Hall–Kier alpha value is -3.09. The van der Waals surface area contributed by atoms with Crippen LogP contribution in [0, 0.1) is 11.3 Å². The number of nitrogens with one attached hydrogen (secondary N) is 1. The summed E-state index contributed by atoms with van der Waals surface area (Å²) in [6, 6.07) is 13.5. The van der Waals surface area contributed by atoms with Gasteiger partial charge in [0, 0.05) is 31.9 Å². The fourth-order valence-electron chi connectivity index (χ4n) is 3.25. The molecule has 1 aromatic heterocycles. The fraction of sp³-hybridized carbons (Fsp3) is 0.222. The average molecular weight is 384 g/mol. The third-order valence-electron chi connectivity index (χ3n) is 4.63. The highest BCUT2D eigenvalue weighted by Gasteiger charge is 2.30. The van der Waals surface area contributed by atoms with Gasteiger partial charge in [-0.05, 0) is 30.3 Å². The van der Waals surface area contributed by atoms with Crippen molar-refractivity contribution >= 4 is 26.8 Å². The van der Waals surface area contributed by atoms with Crippen molar-refractivity contribution in [1.29, 1.82) is 5.26 Å². The number of oxazole rings is 1. The molecule has 1 aliphatic heterocycles. The standard InChI is InChI=1S/C18H16N4O4S/c19-12-13-3-1-2-4-17(13)27(24,25)22-9-7-21(8-10-22)14-5-6-16-15(11-14)20-18(23)26-16/h1-6,11H,7-10H2,(H,20,23). The average Bonchev–Trinajstić information content (AvgIpc) is 3.07. The quantitative estimate of drug-likeness (QED) is 0.733. The Kier molecular flexibility index (Phi) is 4.22. The van der Waals surface area contributed by atoms with E-state index in [0.29, 0.717) is 37.3 Å². The maximum absolute atomic E-state index is 12.9. The summed E-state index contributed by atoms with van der Waals surface area (Å²) in [4.78, 5) is 16.0. The zero-order valence-corrected chi connectivity index (χ0v) is 15.1. The van der Waals surface area contributed by atoms with E-state index in [1.165, 1.54) is 16.4 Å². The van der Waals surface area contributed by atoms with Crippen LogP contribution >= 0.6 is 0 Å². The molecule has 1 fully saturated rings. The highest BCUT2D eigenvalue weighted by atomic mass is 32.2. The number of fused-ring (bicyclic) bond motifs is 1. The topological polar surface area (TPSA) is 110 Å². The van der Waals surface area contributed by atoms with Crippen LogP contribution < -0.4 is 10.7 Å². The van der Waals surface area contributed by atoms with Crippen LogP contribution in [-0.4, -0.2) is 43.9 Å². The monoisotopic (exact) mass is 384 g/mol. The number of H-pyrrole nitrogens is 1. The van der Waals surface area contributed by atoms with Gasteiger partial charge < -0.3 is 9.32 Å². The molecule has 2 heterocycles. The number of nitrogens with zero attached hydrogens (tertiary/aromatic N) is 3. The van der Waals surface area contributed by atoms with Crippen molar-refractivity contribution in [3.8, 4) is 6.07 Å². The molecule has 0 aliphatic carbocycles. The lowest BCUT2D eigenvalue weighted by molar-refractivity contribution is 0.385. The molecule has 27 heavy (non-hydrogen) atoms. The Balaban J connectivity index is 1.54. The summed E-state index contributed by atoms with van der Waals surface area (Å²) in [5.74, 6) is -0.505.